The Labute approximate surface area is 238 Å². The van der Waals surface area contributed by atoms with Crippen LogP contribution < -0.4 is 22.3 Å². The van der Waals surface area contributed by atoms with E-state index >= 15 is 0 Å². The van der Waals surface area contributed by atoms with Gasteiger partial charge < -0.3 is 36.6 Å². The zero-order valence-corrected chi connectivity index (χ0v) is 22.9. The number of nitrogens with one attached hydrogen (secondary N) is 2. The van der Waals surface area contributed by atoms with Crippen molar-refractivity contribution in [2.45, 2.75) is 49.2 Å². The number of thioether (sulfide) groups is 1. The molecule has 0 saturated carbocycles. The Morgan fingerprint density at radius 3 is 2.76 bits per heavy atom. The minimum Gasteiger partial charge on any atom is -0.387 e. The minimum absolute atomic E-state index is 0.0170. The monoisotopic (exact) mass is 584 g/mol. The number of rotatable bonds is 9. The molecule has 8 N–H and O–H groups in total. The fourth-order valence-corrected chi connectivity index (χ4v) is 6.47. The number of nitrogen functional groups attached to an aromatic ring is 2. The average molecular weight is 585 g/mol. The van der Waals surface area contributed by atoms with Gasteiger partial charge in [-0.05, 0) is 25.9 Å². The second-order valence-electron chi connectivity index (χ2n) is 10.2. The highest BCUT2D eigenvalue weighted by Gasteiger charge is 2.44. The average Bonchev–Trinajstić information content (AvgIpc) is 3.52. The van der Waals surface area contributed by atoms with Gasteiger partial charge in [0.15, 0.2) is 28.9 Å². The fraction of sp³-hybridized carbons (Fsp3) is 0.542. The molecule has 4 unspecified atom stereocenters. The number of imidazole rings is 1. The molecule has 0 spiro atoms. The van der Waals surface area contributed by atoms with Gasteiger partial charge in [0.05, 0.1) is 24.3 Å². The van der Waals surface area contributed by atoms with Gasteiger partial charge in [-0.1, -0.05) is 0 Å². The van der Waals surface area contributed by atoms with E-state index in [9.17, 15) is 15.0 Å². The lowest BCUT2D eigenvalue weighted by molar-refractivity contribution is -0.0289. The van der Waals surface area contributed by atoms with Crippen molar-refractivity contribution in [1.29, 1.82) is 0 Å². The first-order chi connectivity index (χ1) is 19.9. The van der Waals surface area contributed by atoms with Crippen LogP contribution in [-0.2, 0) is 11.3 Å². The number of hydrogen-bond donors (Lipinski definition) is 6. The summed E-state index contributed by atoms with van der Waals surface area (Å²) >= 11 is 1.77. The van der Waals surface area contributed by atoms with Crippen molar-refractivity contribution in [3.05, 3.63) is 34.9 Å². The summed E-state index contributed by atoms with van der Waals surface area (Å²) in [6.07, 6.45) is 3.03. The van der Waals surface area contributed by atoms with E-state index in [1.165, 1.54) is 12.7 Å². The maximum atomic E-state index is 12.0. The maximum absolute atomic E-state index is 12.0. The molecule has 2 aliphatic heterocycles. The second-order valence-corrected chi connectivity index (χ2v) is 11.5. The quantitative estimate of drug-likeness (QED) is 0.124. The van der Waals surface area contributed by atoms with Gasteiger partial charge in [-0.25, -0.2) is 24.9 Å². The number of aliphatic hydroxyl groups excluding tert-OH is 2. The van der Waals surface area contributed by atoms with E-state index in [2.05, 4.69) is 45.1 Å². The number of ether oxygens (including phenoxy) is 1. The topological polar surface area (TPSA) is 232 Å². The molecule has 6 rings (SSSR count). The molecule has 16 nitrogen and oxygen atoms in total. The Morgan fingerprint density at radius 1 is 1.10 bits per heavy atom. The molecule has 2 saturated heterocycles. The lowest BCUT2D eigenvalue weighted by atomic mass is 10.1. The highest BCUT2D eigenvalue weighted by Crippen LogP contribution is 2.35. The Hall–Kier alpha value is -3.48. The zero-order chi connectivity index (χ0) is 28.5. The van der Waals surface area contributed by atoms with Gasteiger partial charge in [0.1, 0.15) is 24.1 Å². The number of aromatic amines is 1. The third kappa shape index (κ3) is 5.81. The molecule has 4 atom stereocenters. The lowest BCUT2D eigenvalue weighted by Gasteiger charge is -2.32. The van der Waals surface area contributed by atoms with Gasteiger partial charge >= 0.3 is 0 Å². The number of nitrogens with zero attached hydrogens (tertiary/aromatic N) is 8. The third-order valence-corrected chi connectivity index (χ3v) is 8.89. The summed E-state index contributed by atoms with van der Waals surface area (Å²) in [6, 6.07) is 0. The number of likely N-dealkylation sites (tertiary alicyclic amines) is 1. The van der Waals surface area contributed by atoms with E-state index in [4.69, 9.17) is 16.2 Å². The van der Waals surface area contributed by atoms with Crippen LogP contribution in [0.5, 0.6) is 0 Å². The summed E-state index contributed by atoms with van der Waals surface area (Å²) < 4.78 is 7.67. The van der Waals surface area contributed by atoms with E-state index in [0.29, 0.717) is 34.4 Å². The van der Waals surface area contributed by atoms with Crippen molar-refractivity contribution in [1.82, 2.24) is 49.7 Å². The number of anilines is 2. The lowest BCUT2D eigenvalue weighted by Crippen LogP contribution is -2.39. The number of aliphatic hydroxyl groups is 2. The number of H-pyrrole nitrogens is 1. The minimum atomic E-state index is -1.11. The van der Waals surface area contributed by atoms with Crippen LogP contribution >= 0.6 is 11.8 Å². The van der Waals surface area contributed by atoms with Gasteiger partial charge in [-0.2, -0.15) is 16.7 Å². The molecule has 4 aromatic rings. The smallest absolute Gasteiger partial charge is 0.280 e. The number of nitrogens with two attached hydrogens (primary N) is 2. The van der Waals surface area contributed by atoms with Crippen molar-refractivity contribution in [2.75, 3.05) is 43.4 Å². The first-order valence-corrected chi connectivity index (χ1v) is 14.4. The highest BCUT2D eigenvalue weighted by molar-refractivity contribution is 7.99. The van der Waals surface area contributed by atoms with E-state index in [1.807, 2.05) is 0 Å². The molecule has 218 valence electrons. The predicted octanol–water partition coefficient (Wildman–Crippen LogP) is -1.38. The van der Waals surface area contributed by atoms with Crippen molar-refractivity contribution in [3.8, 4) is 0 Å². The van der Waals surface area contributed by atoms with E-state index in [0.717, 1.165) is 39.0 Å². The van der Waals surface area contributed by atoms with Crippen LogP contribution in [0.4, 0.5) is 11.8 Å². The first-order valence-electron chi connectivity index (χ1n) is 13.4. The van der Waals surface area contributed by atoms with Crippen molar-refractivity contribution < 1.29 is 14.9 Å². The van der Waals surface area contributed by atoms with E-state index < -0.39 is 30.1 Å². The van der Waals surface area contributed by atoms with E-state index in [1.54, 1.807) is 22.5 Å². The SMILES string of the molecule is Nc1nc2ncc(CNCCN3CCC(SCC4OC(n5cnc6c(N)ncnc65)C(O)C4O)CC3)nc2c(=O)[nH]1. The molecule has 41 heavy (non-hydrogen) atoms. The summed E-state index contributed by atoms with van der Waals surface area (Å²) in [5.41, 5.74) is 13.0. The van der Waals surface area contributed by atoms with Crippen molar-refractivity contribution in [3.63, 3.8) is 0 Å². The van der Waals surface area contributed by atoms with Crippen LogP contribution in [0.1, 0.15) is 24.8 Å². The van der Waals surface area contributed by atoms with Crippen LogP contribution in [0.3, 0.4) is 0 Å². The standard InChI is InChI=1S/C24H32N12O4S/c25-19-15-21(30-10-29-19)36(11-31-15)23-18(38)17(37)14(40-23)9-41-13-1-4-35(5-2-13)6-3-27-7-12-8-28-20-16(32-12)22(39)34-24(26)33-20/h8,10-11,13-14,17-18,23,27,37-38H,1-7,9H2,(H2,25,29,30)(H3,26,28,33,34,39). The fourth-order valence-electron chi connectivity index (χ4n) is 5.19. The number of aromatic nitrogens is 8. The molecule has 4 aromatic heterocycles. The highest BCUT2D eigenvalue weighted by atomic mass is 32.2. The summed E-state index contributed by atoms with van der Waals surface area (Å²) in [5.74, 6) is 0.836. The largest absolute Gasteiger partial charge is 0.387 e. The van der Waals surface area contributed by atoms with Crippen molar-refractivity contribution >= 4 is 45.9 Å². The predicted molar refractivity (Wildman–Crippen MR) is 152 cm³/mol. The molecular formula is C24H32N12O4S. The van der Waals surface area contributed by atoms with Gasteiger partial charge in [0, 0.05) is 30.6 Å². The Balaban J connectivity index is 0.927. The van der Waals surface area contributed by atoms with Gasteiger partial charge in [-0.3, -0.25) is 14.3 Å². The van der Waals surface area contributed by atoms with Crippen LogP contribution in [0.25, 0.3) is 22.3 Å². The van der Waals surface area contributed by atoms with Crippen LogP contribution in [0.15, 0.2) is 23.6 Å². The summed E-state index contributed by atoms with van der Waals surface area (Å²) in [7, 11) is 0. The van der Waals surface area contributed by atoms with Crippen LogP contribution in [0, 0.1) is 0 Å². The molecule has 17 heteroatoms. The molecule has 0 amide bonds. The zero-order valence-electron chi connectivity index (χ0n) is 22.1. The number of fused-ring (bicyclic) bond motifs is 2. The van der Waals surface area contributed by atoms with E-state index in [-0.39, 0.29) is 22.9 Å². The third-order valence-electron chi connectivity index (χ3n) is 7.43. The normalized spacial score (nSPS) is 24.0. The van der Waals surface area contributed by atoms with Crippen LogP contribution in [0.2, 0.25) is 0 Å². The molecular weight excluding hydrogens is 552 g/mol. The Morgan fingerprint density at radius 2 is 1.93 bits per heavy atom. The molecule has 2 fully saturated rings. The first kappa shape index (κ1) is 27.7. The number of piperidine rings is 1. The second kappa shape index (κ2) is 11.8. The Bertz CT molecular complexity index is 1580. The van der Waals surface area contributed by atoms with Gasteiger partial charge in [0.25, 0.3) is 5.56 Å². The van der Waals surface area contributed by atoms with Crippen molar-refractivity contribution in [2.24, 2.45) is 0 Å². The Kier molecular flexibility index (Phi) is 7.96. The molecule has 0 aromatic carbocycles. The summed E-state index contributed by atoms with van der Waals surface area (Å²) in [6.45, 7) is 4.10. The molecule has 0 bridgehead atoms. The molecule has 2 aliphatic rings. The molecule has 0 aliphatic carbocycles. The van der Waals surface area contributed by atoms with Crippen LogP contribution in [-0.4, -0.2) is 110 Å². The number of hydrogen-bond acceptors (Lipinski definition) is 15. The molecule has 0 radical (unpaired) electrons. The van der Waals surface area contributed by atoms with Gasteiger partial charge in [-0.15, -0.1) is 0 Å². The summed E-state index contributed by atoms with van der Waals surface area (Å²) in [5, 5.41) is 25.2. The van der Waals surface area contributed by atoms with Gasteiger partial charge in [0.2, 0.25) is 5.95 Å². The maximum Gasteiger partial charge on any atom is 0.280 e. The summed E-state index contributed by atoms with van der Waals surface area (Å²) in [4.78, 5) is 41.8. The molecule has 6 heterocycles.